The topological polar surface area (TPSA) is 55.8 Å². The van der Waals surface area contributed by atoms with Crippen LogP contribution in [0, 0.1) is 5.92 Å². The van der Waals surface area contributed by atoms with Crippen LogP contribution in [0.5, 0.6) is 5.75 Å². The molecule has 1 unspecified atom stereocenters. The van der Waals surface area contributed by atoms with Crippen molar-refractivity contribution in [2.45, 2.75) is 6.42 Å². The van der Waals surface area contributed by atoms with E-state index in [1.165, 1.54) is 14.2 Å². The molecule has 108 valence electrons. The van der Waals surface area contributed by atoms with Gasteiger partial charge in [0.05, 0.1) is 25.7 Å². The summed E-state index contributed by atoms with van der Waals surface area (Å²) >= 11 is 5.88. The summed E-state index contributed by atoms with van der Waals surface area (Å²) in [7, 11) is 2.85. The first-order valence-corrected chi connectivity index (χ1v) is 6.65. The van der Waals surface area contributed by atoms with E-state index in [0.717, 1.165) is 0 Å². The Morgan fingerprint density at radius 2 is 2.10 bits per heavy atom. The molecule has 0 radical (unpaired) electrons. The number of amides is 1. The molecule has 5 nitrogen and oxygen atoms in total. The van der Waals surface area contributed by atoms with Gasteiger partial charge in [0.2, 0.25) is 0 Å². The lowest BCUT2D eigenvalue weighted by atomic mass is 10.1. The summed E-state index contributed by atoms with van der Waals surface area (Å²) in [4.78, 5) is 25.6. The fourth-order valence-corrected chi connectivity index (χ4v) is 2.48. The number of rotatable bonds is 3. The average molecular weight is 298 g/mol. The second-order valence-electron chi connectivity index (χ2n) is 4.60. The first kappa shape index (κ1) is 14.7. The Bertz CT molecular complexity index is 532. The van der Waals surface area contributed by atoms with Crippen molar-refractivity contribution in [2.24, 2.45) is 5.92 Å². The van der Waals surface area contributed by atoms with E-state index in [2.05, 4.69) is 0 Å². The lowest BCUT2D eigenvalue weighted by Gasteiger charge is -2.18. The molecule has 0 saturated carbocycles. The molecule has 20 heavy (non-hydrogen) atoms. The van der Waals surface area contributed by atoms with Gasteiger partial charge in [-0.25, -0.2) is 0 Å². The van der Waals surface area contributed by atoms with E-state index < -0.39 is 0 Å². The fraction of sp³-hybridized carbons (Fsp3) is 0.429. The number of hydrogen-bond donors (Lipinski definition) is 0. The molecule has 1 fully saturated rings. The minimum Gasteiger partial charge on any atom is -0.496 e. The summed E-state index contributed by atoms with van der Waals surface area (Å²) < 4.78 is 9.89. The molecule has 0 aromatic heterocycles. The molecule has 1 heterocycles. The summed E-state index contributed by atoms with van der Waals surface area (Å²) in [6.07, 6.45) is 0.619. The molecule has 1 aliphatic heterocycles. The highest BCUT2D eigenvalue weighted by atomic mass is 35.5. The molecular weight excluding hydrogens is 282 g/mol. The average Bonchev–Trinajstić information content (AvgIpc) is 2.95. The number of nitrogens with zero attached hydrogens (tertiary/aromatic N) is 1. The van der Waals surface area contributed by atoms with Crippen molar-refractivity contribution in [1.82, 2.24) is 4.90 Å². The summed E-state index contributed by atoms with van der Waals surface area (Å²) in [6, 6.07) is 4.88. The molecule has 6 heteroatoms. The molecule has 0 N–H and O–H groups in total. The van der Waals surface area contributed by atoms with Crippen molar-refractivity contribution < 1.29 is 19.1 Å². The van der Waals surface area contributed by atoms with Crippen LogP contribution in [-0.2, 0) is 9.53 Å². The van der Waals surface area contributed by atoms with Gasteiger partial charge in [0.25, 0.3) is 5.91 Å². The number of hydrogen-bond acceptors (Lipinski definition) is 4. The molecule has 1 aromatic carbocycles. The summed E-state index contributed by atoms with van der Waals surface area (Å²) in [6.45, 7) is 0.904. The van der Waals surface area contributed by atoms with Crippen LogP contribution in [0.3, 0.4) is 0 Å². The molecule has 1 saturated heterocycles. The zero-order valence-corrected chi connectivity index (χ0v) is 12.1. The molecular formula is C14H16ClNO4. The highest BCUT2D eigenvalue weighted by Gasteiger charge is 2.32. The molecule has 1 aromatic rings. The Morgan fingerprint density at radius 3 is 2.75 bits per heavy atom. The molecule has 1 aliphatic rings. The number of carbonyl (C=O) groups is 2. The maximum absolute atomic E-state index is 12.4. The molecule has 1 atom stereocenters. The van der Waals surface area contributed by atoms with Crippen LogP contribution < -0.4 is 4.74 Å². The second-order valence-corrected chi connectivity index (χ2v) is 5.04. The minimum absolute atomic E-state index is 0.162. The van der Waals surface area contributed by atoms with Gasteiger partial charge in [0.15, 0.2) is 0 Å². The monoisotopic (exact) mass is 297 g/mol. The van der Waals surface area contributed by atoms with Crippen molar-refractivity contribution >= 4 is 23.5 Å². The summed E-state index contributed by atoms with van der Waals surface area (Å²) in [5.41, 5.74) is 0.447. The van der Waals surface area contributed by atoms with Crippen molar-refractivity contribution in [3.63, 3.8) is 0 Å². The van der Waals surface area contributed by atoms with Crippen LogP contribution in [0.25, 0.3) is 0 Å². The minimum atomic E-state index is -0.275. The fourth-order valence-electron chi connectivity index (χ4n) is 2.32. The maximum atomic E-state index is 12.4. The Balaban J connectivity index is 2.15. The first-order valence-electron chi connectivity index (χ1n) is 6.27. The number of likely N-dealkylation sites (tertiary alicyclic amines) is 1. The lowest BCUT2D eigenvalue weighted by Crippen LogP contribution is -2.30. The van der Waals surface area contributed by atoms with Crippen LogP contribution in [0.4, 0.5) is 0 Å². The quantitative estimate of drug-likeness (QED) is 0.801. The van der Waals surface area contributed by atoms with E-state index in [0.29, 0.717) is 35.8 Å². The van der Waals surface area contributed by atoms with Crippen LogP contribution in [0.15, 0.2) is 18.2 Å². The van der Waals surface area contributed by atoms with Gasteiger partial charge >= 0.3 is 5.97 Å². The molecule has 0 spiro atoms. The third-order valence-corrected chi connectivity index (χ3v) is 3.64. The van der Waals surface area contributed by atoms with Gasteiger partial charge in [0.1, 0.15) is 5.75 Å². The highest BCUT2D eigenvalue weighted by molar-refractivity contribution is 6.30. The normalized spacial score (nSPS) is 17.9. The predicted molar refractivity (Wildman–Crippen MR) is 74.0 cm³/mol. The van der Waals surface area contributed by atoms with Crippen molar-refractivity contribution in [2.75, 3.05) is 27.3 Å². The zero-order chi connectivity index (χ0) is 14.7. The van der Waals surface area contributed by atoms with E-state index >= 15 is 0 Å². The Kier molecular flexibility index (Phi) is 4.49. The Hall–Kier alpha value is -1.75. The number of esters is 1. The summed E-state index contributed by atoms with van der Waals surface area (Å²) in [5.74, 6) is -0.250. The third-order valence-electron chi connectivity index (χ3n) is 3.40. The molecule has 0 aliphatic carbocycles. The lowest BCUT2D eigenvalue weighted by molar-refractivity contribution is -0.144. The van der Waals surface area contributed by atoms with E-state index in [-0.39, 0.29) is 17.8 Å². The van der Waals surface area contributed by atoms with Crippen molar-refractivity contribution in [3.05, 3.63) is 28.8 Å². The highest BCUT2D eigenvalue weighted by Crippen LogP contribution is 2.27. The van der Waals surface area contributed by atoms with E-state index in [4.69, 9.17) is 21.1 Å². The van der Waals surface area contributed by atoms with Gasteiger partial charge in [-0.1, -0.05) is 11.6 Å². The van der Waals surface area contributed by atoms with Crippen LogP contribution in [0.2, 0.25) is 5.02 Å². The van der Waals surface area contributed by atoms with Crippen molar-refractivity contribution in [1.29, 1.82) is 0 Å². The number of ether oxygens (including phenoxy) is 2. The van der Waals surface area contributed by atoms with E-state index in [1.54, 1.807) is 23.1 Å². The molecule has 1 amide bonds. The van der Waals surface area contributed by atoms with E-state index in [9.17, 15) is 9.59 Å². The van der Waals surface area contributed by atoms with Crippen molar-refractivity contribution in [3.8, 4) is 5.75 Å². The van der Waals surface area contributed by atoms with Crippen LogP contribution in [-0.4, -0.2) is 44.1 Å². The van der Waals surface area contributed by atoms with Gasteiger partial charge in [-0.05, 0) is 24.6 Å². The third kappa shape index (κ3) is 2.88. The van der Waals surface area contributed by atoms with Gasteiger partial charge in [0, 0.05) is 18.1 Å². The van der Waals surface area contributed by atoms with Gasteiger partial charge < -0.3 is 14.4 Å². The first-order chi connectivity index (χ1) is 9.56. The standard InChI is InChI=1S/C14H16ClNO4/c1-19-12-7-10(15)3-4-11(12)13(17)16-6-5-9(8-16)14(18)20-2/h3-4,7,9H,5-6,8H2,1-2H3. The van der Waals surface area contributed by atoms with Gasteiger partial charge in [-0.2, -0.15) is 0 Å². The Morgan fingerprint density at radius 1 is 1.35 bits per heavy atom. The smallest absolute Gasteiger partial charge is 0.310 e. The largest absolute Gasteiger partial charge is 0.496 e. The summed E-state index contributed by atoms with van der Waals surface area (Å²) in [5, 5.41) is 0.507. The maximum Gasteiger partial charge on any atom is 0.310 e. The number of halogens is 1. The van der Waals surface area contributed by atoms with Gasteiger partial charge in [-0.3, -0.25) is 9.59 Å². The second kappa shape index (κ2) is 6.13. The number of carbonyl (C=O) groups excluding carboxylic acids is 2. The zero-order valence-electron chi connectivity index (χ0n) is 11.4. The predicted octanol–water partition coefficient (Wildman–Crippen LogP) is 1.98. The SMILES string of the molecule is COC(=O)C1CCN(C(=O)c2ccc(Cl)cc2OC)C1. The van der Waals surface area contributed by atoms with Crippen LogP contribution in [0.1, 0.15) is 16.8 Å². The van der Waals surface area contributed by atoms with E-state index in [1.807, 2.05) is 0 Å². The number of methoxy groups -OCH3 is 2. The van der Waals surface area contributed by atoms with Gasteiger partial charge in [-0.15, -0.1) is 0 Å². The number of benzene rings is 1. The van der Waals surface area contributed by atoms with Crippen LogP contribution >= 0.6 is 11.6 Å². The molecule has 0 bridgehead atoms. The molecule has 2 rings (SSSR count). The Labute approximate surface area is 122 Å².